The van der Waals surface area contributed by atoms with E-state index in [4.69, 9.17) is 4.74 Å². The first-order valence-electron chi connectivity index (χ1n) is 6.23. The molecule has 16 heavy (non-hydrogen) atoms. The van der Waals surface area contributed by atoms with Crippen LogP contribution in [0.15, 0.2) is 0 Å². The Kier molecular flexibility index (Phi) is 8.87. The molecule has 0 fully saturated rings. The lowest BCUT2D eigenvalue weighted by atomic mass is 10.0. The highest BCUT2D eigenvalue weighted by molar-refractivity contribution is 5.75. The van der Waals surface area contributed by atoms with Gasteiger partial charge >= 0.3 is 5.97 Å². The Morgan fingerprint density at radius 1 is 1.06 bits per heavy atom. The van der Waals surface area contributed by atoms with Crippen LogP contribution in [0.4, 0.5) is 0 Å². The first kappa shape index (κ1) is 15.1. The van der Waals surface area contributed by atoms with Gasteiger partial charge in [-0.05, 0) is 32.6 Å². The molecule has 3 nitrogen and oxygen atoms in total. The fourth-order valence-corrected chi connectivity index (χ4v) is 1.70. The van der Waals surface area contributed by atoms with Crippen molar-refractivity contribution >= 4 is 11.8 Å². The van der Waals surface area contributed by atoms with Crippen LogP contribution in [0.3, 0.4) is 0 Å². The molecule has 0 aliphatic heterocycles. The van der Waals surface area contributed by atoms with Gasteiger partial charge in [0.1, 0.15) is 11.9 Å². The highest BCUT2D eigenvalue weighted by Crippen LogP contribution is 2.13. The fourth-order valence-electron chi connectivity index (χ4n) is 1.70. The number of ketones is 1. The molecule has 0 rings (SSSR count). The highest BCUT2D eigenvalue weighted by Gasteiger charge is 2.11. The summed E-state index contributed by atoms with van der Waals surface area (Å²) in [4.78, 5) is 21.7. The summed E-state index contributed by atoms with van der Waals surface area (Å²) in [6.07, 6.45) is 6.57. The zero-order valence-corrected chi connectivity index (χ0v) is 10.8. The van der Waals surface area contributed by atoms with Crippen LogP contribution in [-0.4, -0.2) is 17.9 Å². The van der Waals surface area contributed by atoms with E-state index in [0.717, 1.165) is 25.7 Å². The van der Waals surface area contributed by atoms with E-state index in [1.54, 1.807) is 6.92 Å². The second-order valence-electron chi connectivity index (χ2n) is 4.32. The molecule has 0 aromatic heterocycles. The van der Waals surface area contributed by atoms with Gasteiger partial charge in [0.25, 0.3) is 0 Å². The molecule has 0 amide bonds. The molecule has 0 aromatic carbocycles. The van der Waals surface area contributed by atoms with Crippen LogP contribution >= 0.6 is 0 Å². The van der Waals surface area contributed by atoms with E-state index in [0.29, 0.717) is 6.42 Å². The van der Waals surface area contributed by atoms with Crippen LogP contribution in [0.25, 0.3) is 0 Å². The smallest absolute Gasteiger partial charge is 0.302 e. The molecule has 0 aliphatic rings. The van der Waals surface area contributed by atoms with Crippen LogP contribution < -0.4 is 0 Å². The summed E-state index contributed by atoms with van der Waals surface area (Å²) in [6, 6.07) is 0. The summed E-state index contributed by atoms with van der Waals surface area (Å²) in [7, 11) is 0. The number of carbonyl (C=O) groups excluding carboxylic acids is 2. The second kappa shape index (κ2) is 9.37. The minimum Gasteiger partial charge on any atom is -0.463 e. The number of hydrogen-bond donors (Lipinski definition) is 0. The van der Waals surface area contributed by atoms with Crippen LogP contribution in [0.1, 0.15) is 65.7 Å². The number of hydrogen-bond acceptors (Lipinski definition) is 3. The minimum atomic E-state index is -0.218. The maximum absolute atomic E-state index is 10.9. The molecule has 0 saturated carbocycles. The third kappa shape index (κ3) is 9.69. The van der Waals surface area contributed by atoms with Gasteiger partial charge in [0.15, 0.2) is 0 Å². The molecule has 0 heterocycles. The third-order valence-electron chi connectivity index (χ3n) is 2.52. The van der Waals surface area contributed by atoms with E-state index < -0.39 is 0 Å². The predicted octanol–water partition coefficient (Wildman–Crippen LogP) is 3.26. The molecule has 0 aromatic rings. The molecule has 0 radical (unpaired) electrons. The van der Waals surface area contributed by atoms with Gasteiger partial charge in [-0.15, -0.1) is 0 Å². The Balaban J connectivity index is 3.80. The molecule has 0 aliphatic carbocycles. The van der Waals surface area contributed by atoms with Crippen molar-refractivity contribution in [3.63, 3.8) is 0 Å². The molecule has 3 heteroatoms. The van der Waals surface area contributed by atoms with Crippen LogP contribution in [0, 0.1) is 0 Å². The molecule has 94 valence electrons. The number of ether oxygens (including phenoxy) is 1. The average molecular weight is 228 g/mol. The van der Waals surface area contributed by atoms with Crippen LogP contribution in [0.2, 0.25) is 0 Å². The van der Waals surface area contributed by atoms with Gasteiger partial charge in [-0.3, -0.25) is 4.79 Å². The summed E-state index contributed by atoms with van der Waals surface area (Å²) < 4.78 is 5.23. The number of carbonyl (C=O) groups is 2. The molecule has 1 unspecified atom stereocenters. The number of esters is 1. The minimum absolute atomic E-state index is 0.00315. The van der Waals surface area contributed by atoms with Gasteiger partial charge in [0, 0.05) is 13.3 Å². The number of Topliss-reactive ketones (excluding diaryl/α,β-unsaturated/α-hetero) is 1. The van der Waals surface area contributed by atoms with E-state index in [2.05, 4.69) is 6.92 Å². The van der Waals surface area contributed by atoms with Crippen molar-refractivity contribution in [2.45, 2.75) is 71.8 Å². The number of unbranched alkanes of at least 4 members (excludes halogenated alkanes) is 2. The first-order valence-corrected chi connectivity index (χ1v) is 6.23. The van der Waals surface area contributed by atoms with Crippen molar-refractivity contribution in [1.29, 1.82) is 0 Å². The quantitative estimate of drug-likeness (QED) is 0.449. The lowest BCUT2D eigenvalue weighted by Crippen LogP contribution is -2.16. The van der Waals surface area contributed by atoms with Gasteiger partial charge in [-0.1, -0.05) is 19.8 Å². The van der Waals surface area contributed by atoms with E-state index in [1.807, 2.05) is 0 Å². The van der Waals surface area contributed by atoms with Crippen LogP contribution in [-0.2, 0) is 14.3 Å². The largest absolute Gasteiger partial charge is 0.463 e. The van der Waals surface area contributed by atoms with Crippen molar-refractivity contribution in [1.82, 2.24) is 0 Å². The summed E-state index contributed by atoms with van der Waals surface area (Å²) in [6.45, 7) is 5.19. The van der Waals surface area contributed by atoms with Crippen molar-refractivity contribution in [3.05, 3.63) is 0 Å². The third-order valence-corrected chi connectivity index (χ3v) is 2.52. The molecular formula is C13H24O3. The molecular weight excluding hydrogens is 204 g/mol. The zero-order valence-electron chi connectivity index (χ0n) is 10.8. The maximum atomic E-state index is 10.9. The normalized spacial score (nSPS) is 12.2. The van der Waals surface area contributed by atoms with Crippen molar-refractivity contribution in [2.24, 2.45) is 0 Å². The van der Waals surface area contributed by atoms with Crippen molar-refractivity contribution < 1.29 is 14.3 Å². The summed E-state index contributed by atoms with van der Waals surface area (Å²) in [5.41, 5.74) is 0. The topological polar surface area (TPSA) is 43.4 Å². The average Bonchev–Trinajstić information content (AvgIpc) is 2.16. The van der Waals surface area contributed by atoms with Gasteiger partial charge in [-0.25, -0.2) is 0 Å². The van der Waals surface area contributed by atoms with E-state index in [-0.39, 0.29) is 17.9 Å². The monoisotopic (exact) mass is 228 g/mol. The summed E-state index contributed by atoms with van der Waals surface area (Å²) in [5, 5.41) is 0. The molecule has 0 N–H and O–H groups in total. The Labute approximate surface area is 98.6 Å². The summed E-state index contributed by atoms with van der Waals surface area (Å²) in [5.74, 6) is -0.0144. The van der Waals surface area contributed by atoms with Gasteiger partial charge in [0.2, 0.25) is 0 Å². The van der Waals surface area contributed by atoms with Gasteiger partial charge in [0.05, 0.1) is 0 Å². The van der Waals surface area contributed by atoms with Gasteiger partial charge in [-0.2, -0.15) is 0 Å². The lowest BCUT2D eigenvalue weighted by Gasteiger charge is -2.16. The van der Waals surface area contributed by atoms with Crippen molar-refractivity contribution in [2.75, 3.05) is 0 Å². The van der Waals surface area contributed by atoms with E-state index in [9.17, 15) is 9.59 Å². The maximum Gasteiger partial charge on any atom is 0.302 e. The lowest BCUT2D eigenvalue weighted by molar-refractivity contribution is -0.147. The predicted molar refractivity (Wildman–Crippen MR) is 64.2 cm³/mol. The summed E-state index contributed by atoms with van der Waals surface area (Å²) >= 11 is 0. The molecule has 1 atom stereocenters. The molecule has 0 saturated heterocycles. The van der Waals surface area contributed by atoms with E-state index in [1.165, 1.54) is 19.8 Å². The SMILES string of the molecule is CCCCCC(CCCC(C)=O)OC(C)=O. The zero-order chi connectivity index (χ0) is 12.4. The molecule has 0 spiro atoms. The first-order chi connectivity index (χ1) is 7.56. The van der Waals surface area contributed by atoms with E-state index >= 15 is 0 Å². The fraction of sp³-hybridized carbons (Fsp3) is 0.846. The van der Waals surface area contributed by atoms with Gasteiger partial charge < -0.3 is 9.53 Å². The second-order valence-corrected chi connectivity index (χ2v) is 4.32. The van der Waals surface area contributed by atoms with Crippen LogP contribution in [0.5, 0.6) is 0 Å². The molecule has 0 bridgehead atoms. The Morgan fingerprint density at radius 3 is 2.19 bits per heavy atom. The Bertz CT molecular complexity index is 211. The number of rotatable bonds is 9. The highest BCUT2D eigenvalue weighted by atomic mass is 16.5. The Hall–Kier alpha value is -0.860. The Morgan fingerprint density at radius 2 is 1.69 bits per heavy atom. The standard InChI is InChI=1S/C13H24O3/c1-4-5-6-9-13(16-12(3)15)10-7-8-11(2)14/h13H,4-10H2,1-3H3. The van der Waals surface area contributed by atoms with Crippen molar-refractivity contribution in [3.8, 4) is 0 Å².